The van der Waals surface area contributed by atoms with Gasteiger partial charge in [-0.05, 0) is 49.8 Å². The zero-order valence-corrected chi connectivity index (χ0v) is 14.2. The van der Waals surface area contributed by atoms with Gasteiger partial charge in [-0.15, -0.1) is 0 Å². The molecule has 0 saturated heterocycles. The number of benzene rings is 1. The third-order valence-electron chi connectivity index (χ3n) is 4.97. The van der Waals surface area contributed by atoms with Crippen LogP contribution in [-0.2, 0) is 0 Å². The summed E-state index contributed by atoms with van der Waals surface area (Å²) < 4.78 is 13.4. The Bertz CT molecular complexity index is 849. The summed E-state index contributed by atoms with van der Waals surface area (Å²) in [5.41, 5.74) is 12.2. The fraction of sp³-hybridized carbons (Fsp3) is 0.389. The second-order valence-electron chi connectivity index (χ2n) is 7.15. The molecule has 2 aliphatic carbocycles. The summed E-state index contributed by atoms with van der Waals surface area (Å²) in [7, 11) is 0. The molecule has 8 heteroatoms. The minimum atomic E-state index is -0.660. The molecule has 1 aromatic heterocycles. The van der Waals surface area contributed by atoms with Crippen LogP contribution < -0.4 is 22.1 Å². The lowest BCUT2D eigenvalue weighted by molar-refractivity contribution is 0.100. The maximum absolute atomic E-state index is 13.4. The SMILES string of the molecule is NC(=O)c1cnc(N[C@H](C2CC2)C2(N)CC2)nc1Nc1cccc(F)c1. The monoisotopic (exact) mass is 356 g/mol. The zero-order valence-electron chi connectivity index (χ0n) is 14.2. The lowest BCUT2D eigenvalue weighted by Gasteiger charge is -2.25. The second kappa shape index (κ2) is 6.21. The Morgan fingerprint density at radius 1 is 1.35 bits per heavy atom. The van der Waals surface area contributed by atoms with Gasteiger partial charge in [0.25, 0.3) is 5.91 Å². The number of anilines is 3. The molecule has 2 aromatic rings. The Balaban J connectivity index is 1.61. The average molecular weight is 356 g/mol. The van der Waals surface area contributed by atoms with Gasteiger partial charge in [0.15, 0.2) is 0 Å². The molecule has 1 atom stereocenters. The summed E-state index contributed by atoms with van der Waals surface area (Å²) in [5, 5.41) is 6.28. The molecule has 1 aromatic carbocycles. The molecule has 1 amide bonds. The van der Waals surface area contributed by atoms with Crippen molar-refractivity contribution < 1.29 is 9.18 Å². The molecular weight excluding hydrogens is 335 g/mol. The van der Waals surface area contributed by atoms with E-state index >= 15 is 0 Å². The highest BCUT2D eigenvalue weighted by atomic mass is 19.1. The van der Waals surface area contributed by atoms with Gasteiger partial charge in [0.1, 0.15) is 17.2 Å². The molecule has 0 unspecified atom stereocenters. The highest BCUT2D eigenvalue weighted by Crippen LogP contribution is 2.47. The molecule has 136 valence electrons. The molecule has 2 fully saturated rings. The van der Waals surface area contributed by atoms with Crippen LogP contribution in [0.25, 0.3) is 0 Å². The Morgan fingerprint density at radius 3 is 2.73 bits per heavy atom. The number of nitrogens with zero attached hydrogens (tertiary/aromatic N) is 2. The van der Waals surface area contributed by atoms with E-state index in [0.29, 0.717) is 17.6 Å². The van der Waals surface area contributed by atoms with Gasteiger partial charge in [0.2, 0.25) is 5.95 Å². The van der Waals surface area contributed by atoms with E-state index in [0.717, 1.165) is 25.7 Å². The number of hydrogen-bond donors (Lipinski definition) is 4. The van der Waals surface area contributed by atoms with Crippen molar-refractivity contribution in [1.82, 2.24) is 9.97 Å². The predicted molar refractivity (Wildman–Crippen MR) is 96.5 cm³/mol. The molecule has 6 N–H and O–H groups in total. The van der Waals surface area contributed by atoms with Gasteiger partial charge < -0.3 is 22.1 Å². The van der Waals surface area contributed by atoms with Crippen LogP contribution in [0.2, 0.25) is 0 Å². The van der Waals surface area contributed by atoms with Gasteiger partial charge in [0, 0.05) is 23.5 Å². The normalized spacial score (nSPS) is 18.8. The van der Waals surface area contributed by atoms with E-state index in [-0.39, 0.29) is 23.0 Å². The number of rotatable bonds is 7. The van der Waals surface area contributed by atoms with Crippen LogP contribution in [0.5, 0.6) is 0 Å². The summed E-state index contributed by atoms with van der Waals surface area (Å²) in [5.74, 6) is 0.0865. The van der Waals surface area contributed by atoms with E-state index in [1.807, 2.05) is 0 Å². The van der Waals surface area contributed by atoms with E-state index in [4.69, 9.17) is 11.5 Å². The third-order valence-corrected chi connectivity index (χ3v) is 4.97. The summed E-state index contributed by atoms with van der Waals surface area (Å²) >= 11 is 0. The number of nitrogens with two attached hydrogens (primary N) is 2. The lowest BCUT2D eigenvalue weighted by atomic mass is 10.0. The Kier molecular flexibility index (Phi) is 3.99. The van der Waals surface area contributed by atoms with Gasteiger partial charge in [-0.3, -0.25) is 4.79 Å². The van der Waals surface area contributed by atoms with Gasteiger partial charge in [0.05, 0.1) is 0 Å². The molecule has 2 aliphatic rings. The van der Waals surface area contributed by atoms with Crippen LogP contribution in [0.15, 0.2) is 30.5 Å². The van der Waals surface area contributed by atoms with Crippen molar-refractivity contribution in [1.29, 1.82) is 0 Å². The van der Waals surface area contributed by atoms with Crippen molar-refractivity contribution in [3.63, 3.8) is 0 Å². The summed E-state index contributed by atoms with van der Waals surface area (Å²) in [6.07, 6.45) is 5.62. The molecule has 26 heavy (non-hydrogen) atoms. The quantitative estimate of drug-likeness (QED) is 0.603. The minimum absolute atomic E-state index is 0.115. The molecule has 1 heterocycles. The van der Waals surface area contributed by atoms with Crippen molar-refractivity contribution in [3.8, 4) is 0 Å². The van der Waals surface area contributed by atoms with Gasteiger partial charge in [-0.1, -0.05) is 6.07 Å². The zero-order chi connectivity index (χ0) is 18.3. The average Bonchev–Trinajstić information content (AvgIpc) is 3.50. The van der Waals surface area contributed by atoms with Crippen LogP contribution in [0, 0.1) is 11.7 Å². The highest BCUT2D eigenvalue weighted by molar-refractivity contribution is 5.98. The van der Waals surface area contributed by atoms with Crippen LogP contribution >= 0.6 is 0 Å². The fourth-order valence-electron chi connectivity index (χ4n) is 3.18. The number of aromatic nitrogens is 2. The molecule has 0 radical (unpaired) electrons. The number of carbonyl (C=O) groups excluding carboxylic acids is 1. The first-order valence-electron chi connectivity index (χ1n) is 8.69. The number of carbonyl (C=O) groups is 1. The third kappa shape index (κ3) is 3.45. The van der Waals surface area contributed by atoms with Crippen LogP contribution in [-0.4, -0.2) is 27.5 Å². The minimum Gasteiger partial charge on any atom is -0.365 e. The van der Waals surface area contributed by atoms with E-state index in [9.17, 15) is 9.18 Å². The van der Waals surface area contributed by atoms with Crippen molar-refractivity contribution >= 4 is 23.4 Å². The van der Waals surface area contributed by atoms with E-state index in [2.05, 4.69) is 20.6 Å². The molecule has 4 rings (SSSR count). The van der Waals surface area contributed by atoms with Gasteiger partial charge in [-0.2, -0.15) is 4.98 Å². The van der Waals surface area contributed by atoms with Gasteiger partial charge >= 0.3 is 0 Å². The van der Waals surface area contributed by atoms with Crippen LogP contribution in [0.1, 0.15) is 36.0 Å². The van der Waals surface area contributed by atoms with Gasteiger partial charge in [-0.25, -0.2) is 9.37 Å². The van der Waals surface area contributed by atoms with E-state index in [1.54, 1.807) is 12.1 Å². The summed E-state index contributed by atoms with van der Waals surface area (Å²) in [4.78, 5) is 20.3. The largest absolute Gasteiger partial charge is 0.365 e. The Labute approximate surface area is 150 Å². The van der Waals surface area contributed by atoms with E-state index < -0.39 is 11.7 Å². The van der Waals surface area contributed by atoms with Crippen molar-refractivity contribution in [2.45, 2.75) is 37.3 Å². The van der Waals surface area contributed by atoms with Crippen molar-refractivity contribution in [3.05, 3.63) is 41.8 Å². The number of halogens is 1. The molecule has 7 nitrogen and oxygen atoms in total. The van der Waals surface area contributed by atoms with Crippen LogP contribution in [0.3, 0.4) is 0 Å². The molecule has 0 bridgehead atoms. The summed E-state index contributed by atoms with van der Waals surface area (Å²) in [6.45, 7) is 0. The topological polar surface area (TPSA) is 119 Å². The van der Waals surface area contributed by atoms with Crippen molar-refractivity contribution in [2.75, 3.05) is 10.6 Å². The first-order chi connectivity index (χ1) is 12.4. The number of nitrogens with one attached hydrogen (secondary N) is 2. The fourth-order valence-corrected chi connectivity index (χ4v) is 3.18. The molecule has 0 spiro atoms. The lowest BCUT2D eigenvalue weighted by Crippen LogP contribution is -2.44. The molecule has 2 saturated carbocycles. The van der Waals surface area contributed by atoms with Crippen LogP contribution in [0.4, 0.5) is 21.8 Å². The first-order valence-corrected chi connectivity index (χ1v) is 8.69. The number of amides is 1. The van der Waals surface area contributed by atoms with Crippen molar-refractivity contribution in [2.24, 2.45) is 17.4 Å². The molecular formula is C18H21FN6O. The predicted octanol–water partition coefficient (Wildman–Crippen LogP) is 2.14. The first kappa shape index (κ1) is 16.7. The second-order valence-corrected chi connectivity index (χ2v) is 7.15. The Morgan fingerprint density at radius 2 is 2.12 bits per heavy atom. The number of hydrogen-bond acceptors (Lipinski definition) is 6. The van der Waals surface area contributed by atoms with E-state index in [1.165, 1.54) is 18.3 Å². The Hall–Kier alpha value is -2.74. The highest BCUT2D eigenvalue weighted by Gasteiger charge is 2.52. The standard InChI is InChI=1S/C18H21FN6O/c19-11-2-1-3-12(8-11)23-16-13(15(20)26)9-22-17(25-16)24-14(10-4-5-10)18(21)6-7-18/h1-3,8-10,14H,4-7,21H2,(H2,20,26)(H2,22,23,24,25)/t14-/m1/s1. The maximum atomic E-state index is 13.4. The smallest absolute Gasteiger partial charge is 0.254 e. The maximum Gasteiger partial charge on any atom is 0.254 e. The summed E-state index contributed by atoms with van der Waals surface area (Å²) in [6, 6.07) is 6.00. The number of primary amides is 1. The molecule has 0 aliphatic heterocycles.